The first-order valence-corrected chi connectivity index (χ1v) is 1.95. The van der Waals surface area contributed by atoms with Crippen molar-refractivity contribution in [2.45, 2.75) is 0 Å². The molecule has 0 radical (unpaired) electrons. The molecule has 0 atom stereocenters. The van der Waals surface area contributed by atoms with E-state index in [0.29, 0.717) is 0 Å². The fraction of sp³-hybridized carbons (Fsp3) is 0.250. The number of nitrogens with zero attached hydrogens (tertiary/aromatic N) is 1. The number of hydroxylamine groups is 2. The molecular weight excluding hydrogens is 94.0 g/mol. The van der Waals surface area contributed by atoms with E-state index in [1.54, 1.807) is 0 Å². The maximum Gasteiger partial charge on any atom is 0.179 e. The molecule has 1 aliphatic rings. The monoisotopic (exact) mass is 99.0 g/mol. The lowest BCUT2D eigenvalue weighted by Crippen LogP contribution is -2.12. The van der Waals surface area contributed by atoms with Crippen LogP contribution in [-0.2, 0) is 4.79 Å². The number of carbonyl (C=O) groups excluding carboxylic acids is 1. The topological polar surface area (TPSA) is 40.5 Å². The van der Waals surface area contributed by atoms with Crippen molar-refractivity contribution >= 4 is 5.78 Å². The maximum atomic E-state index is 10.2. The van der Waals surface area contributed by atoms with Crippen molar-refractivity contribution in [2.24, 2.45) is 0 Å². The SMILES string of the molecule is O=C1C=CN(O)C1. The lowest BCUT2D eigenvalue weighted by Gasteiger charge is -1.98. The summed E-state index contributed by atoms with van der Waals surface area (Å²) in [5.74, 6) is -0.0532. The molecule has 1 heterocycles. The Bertz CT molecular complexity index is 119. The smallest absolute Gasteiger partial charge is 0.179 e. The van der Waals surface area contributed by atoms with Crippen LogP contribution in [0.1, 0.15) is 0 Å². The molecule has 7 heavy (non-hydrogen) atoms. The Kier molecular flexibility index (Phi) is 0.834. The number of carbonyl (C=O) groups is 1. The Balaban J connectivity index is 2.58. The van der Waals surface area contributed by atoms with E-state index in [0.717, 1.165) is 5.06 Å². The van der Waals surface area contributed by atoms with Gasteiger partial charge in [0.2, 0.25) is 0 Å². The first-order valence-electron chi connectivity index (χ1n) is 1.95. The Morgan fingerprint density at radius 2 is 2.57 bits per heavy atom. The molecule has 0 aromatic carbocycles. The highest BCUT2D eigenvalue weighted by Crippen LogP contribution is 1.93. The van der Waals surface area contributed by atoms with Gasteiger partial charge in [-0.15, -0.1) is 0 Å². The van der Waals surface area contributed by atoms with Crippen LogP contribution in [0.2, 0.25) is 0 Å². The second-order valence-corrected chi connectivity index (χ2v) is 1.38. The van der Waals surface area contributed by atoms with Crippen LogP contribution in [0.5, 0.6) is 0 Å². The molecule has 1 rings (SSSR count). The van der Waals surface area contributed by atoms with Gasteiger partial charge in [-0.1, -0.05) is 0 Å². The third-order valence-corrected chi connectivity index (χ3v) is 0.750. The van der Waals surface area contributed by atoms with E-state index in [9.17, 15) is 4.79 Å². The van der Waals surface area contributed by atoms with Gasteiger partial charge in [-0.2, -0.15) is 0 Å². The molecule has 38 valence electrons. The van der Waals surface area contributed by atoms with Gasteiger partial charge < -0.3 is 0 Å². The molecule has 0 amide bonds. The zero-order valence-corrected chi connectivity index (χ0v) is 3.66. The summed E-state index contributed by atoms with van der Waals surface area (Å²) in [6.45, 7) is 0.111. The highest BCUT2D eigenvalue weighted by Gasteiger charge is 2.06. The zero-order valence-electron chi connectivity index (χ0n) is 3.66. The van der Waals surface area contributed by atoms with Crippen molar-refractivity contribution in [2.75, 3.05) is 6.54 Å². The summed E-state index contributed by atoms with van der Waals surface area (Å²) < 4.78 is 0. The van der Waals surface area contributed by atoms with Crippen molar-refractivity contribution in [1.29, 1.82) is 0 Å². The molecule has 0 unspecified atom stereocenters. The minimum absolute atomic E-state index is 0.0532. The molecule has 0 spiro atoms. The molecular formula is C4H5NO2. The Labute approximate surface area is 40.8 Å². The minimum Gasteiger partial charge on any atom is -0.293 e. The van der Waals surface area contributed by atoms with Gasteiger partial charge in [0.15, 0.2) is 5.78 Å². The molecule has 0 aliphatic carbocycles. The van der Waals surface area contributed by atoms with E-state index in [1.165, 1.54) is 12.3 Å². The van der Waals surface area contributed by atoms with Gasteiger partial charge in [-0.3, -0.25) is 15.1 Å². The Hall–Kier alpha value is -0.830. The van der Waals surface area contributed by atoms with Crippen LogP contribution in [0.4, 0.5) is 0 Å². The summed E-state index contributed by atoms with van der Waals surface area (Å²) in [6, 6.07) is 0. The molecule has 1 N–H and O–H groups in total. The summed E-state index contributed by atoms with van der Waals surface area (Å²) >= 11 is 0. The number of hydrogen-bond donors (Lipinski definition) is 1. The van der Waals surface area contributed by atoms with Crippen LogP contribution in [0, 0.1) is 0 Å². The van der Waals surface area contributed by atoms with Gasteiger partial charge in [0.05, 0.1) is 0 Å². The van der Waals surface area contributed by atoms with Crippen molar-refractivity contribution in [1.82, 2.24) is 5.06 Å². The van der Waals surface area contributed by atoms with Crippen molar-refractivity contribution in [3.63, 3.8) is 0 Å². The number of ketones is 1. The quantitative estimate of drug-likeness (QED) is 0.456. The van der Waals surface area contributed by atoms with E-state index in [2.05, 4.69) is 0 Å². The van der Waals surface area contributed by atoms with E-state index in [4.69, 9.17) is 5.21 Å². The molecule has 0 saturated heterocycles. The summed E-state index contributed by atoms with van der Waals surface area (Å²) in [5, 5.41) is 9.27. The van der Waals surface area contributed by atoms with E-state index in [1.807, 2.05) is 0 Å². The van der Waals surface area contributed by atoms with Gasteiger partial charge in [-0.05, 0) is 0 Å². The molecule has 0 bridgehead atoms. The van der Waals surface area contributed by atoms with Crippen LogP contribution in [0.15, 0.2) is 12.3 Å². The van der Waals surface area contributed by atoms with Gasteiger partial charge >= 0.3 is 0 Å². The highest BCUT2D eigenvalue weighted by molar-refractivity contribution is 5.93. The predicted molar refractivity (Wildman–Crippen MR) is 22.6 cm³/mol. The summed E-state index contributed by atoms with van der Waals surface area (Å²) in [5.41, 5.74) is 0. The van der Waals surface area contributed by atoms with Crippen molar-refractivity contribution in [3.05, 3.63) is 12.3 Å². The fourth-order valence-electron chi connectivity index (χ4n) is 0.434. The van der Waals surface area contributed by atoms with Gasteiger partial charge in [0.1, 0.15) is 6.54 Å². The summed E-state index contributed by atoms with van der Waals surface area (Å²) in [7, 11) is 0. The molecule has 0 aromatic heterocycles. The molecule has 0 aromatic rings. The lowest BCUT2D eigenvalue weighted by molar-refractivity contribution is -0.119. The Morgan fingerprint density at radius 1 is 1.86 bits per heavy atom. The average Bonchev–Trinajstić information content (AvgIpc) is 1.87. The Morgan fingerprint density at radius 3 is 2.71 bits per heavy atom. The maximum absolute atomic E-state index is 10.2. The number of hydrogen-bond acceptors (Lipinski definition) is 3. The molecule has 3 heteroatoms. The van der Waals surface area contributed by atoms with E-state index < -0.39 is 0 Å². The van der Waals surface area contributed by atoms with Crippen LogP contribution >= 0.6 is 0 Å². The van der Waals surface area contributed by atoms with E-state index >= 15 is 0 Å². The second kappa shape index (κ2) is 1.35. The van der Waals surface area contributed by atoms with Crippen LogP contribution in [0.25, 0.3) is 0 Å². The van der Waals surface area contributed by atoms with Crippen LogP contribution in [0.3, 0.4) is 0 Å². The first kappa shape index (κ1) is 4.33. The molecule has 0 fully saturated rings. The minimum atomic E-state index is -0.0532. The van der Waals surface area contributed by atoms with Crippen LogP contribution < -0.4 is 0 Å². The first-order chi connectivity index (χ1) is 3.29. The third-order valence-electron chi connectivity index (χ3n) is 0.750. The molecule has 0 saturated carbocycles. The number of rotatable bonds is 0. The lowest BCUT2D eigenvalue weighted by atomic mass is 10.4. The molecule has 1 aliphatic heterocycles. The highest BCUT2D eigenvalue weighted by atomic mass is 16.5. The third kappa shape index (κ3) is 0.778. The normalized spacial score (nSPS) is 19.0. The van der Waals surface area contributed by atoms with Gasteiger partial charge in [-0.25, -0.2) is 0 Å². The zero-order chi connectivity index (χ0) is 5.28. The summed E-state index contributed by atoms with van der Waals surface area (Å²) in [4.78, 5) is 10.2. The second-order valence-electron chi connectivity index (χ2n) is 1.38. The van der Waals surface area contributed by atoms with Crippen molar-refractivity contribution in [3.8, 4) is 0 Å². The van der Waals surface area contributed by atoms with Crippen LogP contribution in [-0.4, -0.2) is 22.6 Å². The van der Waals surface area contributed by atoms with Gasteiger partial charge in [0.25, 0.3) is 0 Å². The predicted octanol–water partition coefficient (Wildman–Crippen LogP) is -0.226. The fourth-order valence-corrected chi connectivity index (χ4v) is 0.434. The van der Waals surface area contributed by atoms with E-state index in [-0.39, 0.29) is 12.3 Å². The summed E-state index contributed by atoms with van der Waals surface area (Å²) in [6.07, 6.45) is 2.67. The largest absolute Gasteiger partial charge is 0.293 e. The van der Waals surface area contributed by atoms with Gasteiger partial charge in [0, 0.05) is 12.3 Å². The average molecular weight is 99.1 g/mol. The molecule has 3 nitrogen and oxygen atoms in total. The standard InChI is InChI=1S/C4H5NO2/c6-4-1-2-5(7)3-4/h1-2,7H,3H2. The van der Waals surface area contributed by atoms with Crippen molar-refractivity contribution < 1.29 is 10.0 Å².